The highest BCUT2D eigenvalue weighted by molar-refractivity contribution is 7.90. The molecule has 0 saturated heterocycles. The van der Waals surface area contributed by atoms with Crippen LogP contribution in [-0.2, 0) is 16.4 Å². The Bertz CT molecular complexity index is 881. The zero-order chi connectivity index (χ0) is 14.9. The summed E-state index contributed by atoms with van der Waals surface area (Å²) in [5, 5.41) is 4.20. The fourth-order valence-electron chi connectivity index (χ4n) is 2.30. The van der Waals surface area contributed by atoms with E-state index >= 15 is 0 Å². The Morgan fingerprint density at radius 1 is 1.05 bits per heavy atom. The number of hydrogen-bond acceptors (Lipinski definition) is 4. The zero-order valence-electron chi connectivity index (χ0n) is 11.5. The van der Waals surface area contributed by atoms with Crippen LogP contribution in [0.4, 0.5) is 5.69 Å². The van der Waals surface area contributed by atoms with Crippen molar-refractivity contribution in [2.75, 3.05) is 11.6 Å². The molecule has 0 aliphatic rings. The van der Waals surface area contributed by atoms with E-state index in [0.717, 1.165) is 16.5 Å². The van der Waals surface area contributed by atoms with Crippen LogP contribution in [0.15, 0.2) is 64.1 Å². The first kappa shape index (κ1) is 13.7. The molecule has 3 aromatic rings. The van der Waals surface area contributed by atoms with Crippen molar-refractivity contribution >= 4 is 26.5 Å². The smallest absolute Gasteiger partial charge is 0.177 e. The topological polar surface area (TPSA) is 59.3 Å². The maximum Gasteiger partial charge on any atom is 0.177 e. The van der Waals surface area contributed by atoms with E-state index in [2.05, 4.69) is 5.32 Å². The molecular formula is C16H15NO3S. The van der Waals surface area contributed by atoms with E-state index in [1.54, 1.807) is 24.5 Å². The lowest BCUT2D eigenvalue weighted by Gasteiger charge is -2.10. The molecule has 0 bridgehead atoms. The number of sulfone groups is 1. The number of anilines is 1. The largest absolute Gasteiger partial charge is 0.464 e. The Morgan fingerprint density at radius 3 is 2.57 bits per heavy atom. The number of nitrogens with one attached hydrogen (secondary N) is 1. The second kappa shape index (κ2) is 5.26. The van der Waals surface area contributed by atoms with E-state index in [0.29, 0.717) is 17.1 Å². The highest BCUT2D eigenvalue weighted by Gasteiger charge is 2.13. The fraction of sp³-hybridized carbons (Fsp3) is 0.125. The summed E-state index contributed by atoms with van der Waals surface area (Å²) < 4.78 is 29.0. The average molecular weight is 301 g/mol. The van der Waals surface area contributed by atoms with Gasteiger partial charge in [0.25, 0.3) is 0 Å². The number of para-hydroxylation sites is 2. The lowest BCUT2D eigenvalue weighted by Crippen LogP contribution is -2.05. The van der Waals surface area contributed by atoms with Crippen molar-refractivity contribution in [1.82, 2.24) is 0 Å². The molecule has 0 atom stereocenters. The van der Waals surface area contributed by atoms with E-state index in [-0.39, 0.29) is 0 Å². The van der Waals surface area contributed by atoms with Gasteiger partial charge in [0.2, 0.25) is 0 Å². The summed E-state index contributed by atoms with van der Waals surface area (Å²) >= 11 is 0. The van der Waals surface area contributed by atoms with Gasteiger partial charge < -0.3 is 9.73 Å². The van der Waals surface area contributed by atoms with Gasteiger partial charge in [-0.2, -0.15) is 0 Å². The summed E-state index contributed by atoms with van der Waals surface area (Å²) in [6.45, 7) is 0.504. The summed E-state index contributed by atoms with van der Waals surface area (Å²) in [6.07, 6.45) is 2.90. The molecule has 0 saturated carbocycles. The van der Waals surface area contributed by atoms with Crippen LogP contribution in [0.3, 0.4) is 0 Å². The summed E-state index contributed by atoms with van der Waals surface area (Å²) in [6, 6.07) is 14.7. The van der Waals surface area contributed by atoms with Crippen LogP contribution >= 0.6 is 0 Å². The minimum atomic E-state index is -3.25. The SMILES string of the molecule is CS(=O)(=O)c1ccccc1NCc1coc2ccccc12. The molecular weight excluding hydrogens is 286 g/mol. The molecule has 0 radical (unpaired) electrons. The van der Waals surface area contributed by atoms with E-state index in [1.165, 1.54) is 6.26 Å². The van der Waals surface area contributed by atoms with Gasteiger partial charge in [-0.15, -0.1) is 0 Å². The minimum Gasteiger partial charge on any atom is -0.464 e. The van der Waals surface area contributed by atoms with E-state index < -0.39 is 9.84 Å². The van der Waals surface area contributed by atoms with Gasteiger partial charge in [-0.25, -0.2) is 8.42 Å². The van der Waals surface area contributed by atoms with Gasteiger partial charge in [0.05, 0.1) is 16.8 Å². The van der Waals surface area contributed by atoms with Crippen molar-refractivity contribution < 1.29 is 12.8 Å². The Hall–Kier alpha value is -2.27. The van der Waals surface area contributed by atoms with Crippen LogP contribution in [-0.4, -0.2) is 14.7 Å². The van der Waals surface area contributed by atoms with Crippen LogP contribution in [0, 0.1) is 0 Å². The van der Waals surface area contributed by atoms with E-state index in [1.807, 2.05) is 30.3 Å². The quantitative estimate of drug-likeness (QED) is 0.802. The van der Waals surface area contributed by atoms with Gasteiger partial charge in [0.15, 0.2) is 9.84 Å². The number of rotatable bonds is 4. The molecule has 1 N–H and O–H groups in total. The van der Waals surface area contributed by atoms with Crippen molar-refractivity contribution in [1.29, 1.82) is 0 Å². The molecule has 4 nitrogen and oxygen atoms in total. The van der Waals surface area contributed by atoms with Crippen molar-refractivity contribution in [3.8, 4) is 0 Å². The molecule has 0 spiro atoms. The Labute approximate surface area is 123 Å². The number of furan rings is 1. The number of hydrogen-bond donors (Lipinski definition) is 1. The third kappa shape index (κ3) is 2.78. The molecule has 108 valence electrons. The van der Waals surface area contributed by atoms with Gasteiger partial charge in [-0.05, 0) is 18.2 Å². The van der Waals surface area contributed by atoms with Crippen molar-refractivity contribution in [3.05, 3.63) is 60.4 Å². The standard InChI is InChI=1S/C16H15NO3S/c1-21(18,19)16-9-5-3-7-14(16)17-10-12-11-20-15-8-4-2-6-13(12)15/h2-9,11,17H,10H2,1H3. The maximum atomic E-state index is 11.8. The summed E-state index contributed by atoms with van der Waals surface area (Å²) in [5.74, 6) is 0. The monoisotopic (exact) mass is 301 g/mol. The van der Waals surface area contributed by atoms with Crippen LogP contribution in [0.2, 0.25) is 0 Å². The molecule has 0 unspecified atom stereocenters. The lowest BCUT2D eigenvalue weighted by molar-refractivity contribution is 0.602. The molecule has 5 heteroatoms. The van der Waals surface area contributed by atoms with Gasteiger partial charge >= 0.3 is 0 Å². The zero-order valence-corrected chi connectivity index (χ0v) is 12.4. The Balaban J connectivity index is 1.89. The first-order valence-corrected chi connectivity index (χ1v) is 8.43. The van der Waals surface area contributed by atoms with Crippen molar-refractivity contribution in [3.63, 3.8) is 0 Å². The first-order valence-electron chi connectivity index (χ1n) is 6.54. The Morgan fingerprint density at radius 2 is 1.76 bits per heavy atom. The second-order valence-electron chi connectivity index (χ2n) is 4.88. The third-order valence-electron chi connectivity index (χ3n) is 3.32. The molecule has 21 heavy (non-hydrogen) atoms. The molecule has 0 aliphatic heterocycles. The Kier molecular flexibility index (Phi) is 3.43. The number of fused-ring (bicyclic) bond motifs is 1. The van der Waals surface area contributed by atoms with E-state index in [4.69, 9.17) is 4.42 Å². The van der Waals surface area contributed by atoms with Gasteiger partial charge in [0, 0.05) is 23.8 Å². The predicted molar refractivity (Wildman–Crippen MR) is 83.1 cm³/mol. The van der Waals surface area contributed by atoms with Crippen molar-refractivity contribution in [2.24, 2.45) is 0 Å². The minimum absolute atomic E-state index is 0.304. The summed E-state index contributed by atoms with van der Waals surface area (Å²) in [5.41, 5.74) is 2.42. The molecule has 0 aliphatic carbocycles. The lowest BCUT2D eigenvalue weighted by atomic mass is 10.2. The maximum absolute atomic E-state index is 11.8. The highest BCUT2D eigenvalue weighted by atomic mass is 32.2. The van der Waals surface area contributed by atoms with Gasteiger partial charge in [0.1, 0.15) is 5.58 Å². The fourth-order valence-corrected chi connectivity index (χ4v) is 3.16. The average Bonchev–Trinajstić information content (AvgIpc) is 2.88. The molecule has 1 heterocycles. The van der Waals surface area contributed by atoms with Crippen molar-refractivity contribution in [2.45, 2.75) is 11.4 Å². The highest BCUT2D eigenvalue weighted by Crippen LogP contribution is 2.24. The summed E-state index contributed by atoms with van der Waals surface area (Å²) in [7, 11) is -3.25. The van der Waals surface area contributed by atoms with Crippen LogP contribution in [0.5, 0.6) is 0 Å². The normalized spacial score (nSPS) is 11.7. The van der Waals surface area contributed by atoms with E-state index in [9.17, 15) is 8.42 Å². The number of benzene rings is 2. The van der Waals surface area contributed by atoms with Crippen LogP contribution < -0.4 is 5.32 Å². The van der Waals surface area contributed by atoms with Gasteiger partial charge in [-0.3, -0.25) is 0 Å². The predicted octanol–water partition coefficient (Wildman–Crippen LogP) is 3.45. The first-order chi connectivity index (χ1) is 10.1. The molecule has 2 aromatic carbocycles. The molecule has 0 amide bonds. The van der Waals surface area contributed by atoms with Crippen LogP contribution in [0.1, 0.15) is 5.56 Å². The van der Waals surface area contributed by atoms with Crippen LogP contribution in [0.25, 0.3) is 11.0 Å². The molecule has 0 fully saturated rings. The summed E-state index contributed by atoms with van der Waals surface area (Å²) in [4.78, 5) is 0.304. The third-order valence-corrected chi connectivity index (χ3v) is 4.47. The molecule has 3 rings (SSSR count). The molecule has 1 aromatic heterocycles. The second-order valence-corrected chi connectivity index (χ2v) is 6.86. The van der Waals surface area contributed by atoms with Gasteiger partial charge in [-0.1, -0.05) is 30.3 Å².